The predicted octanol–water partition coefficient (Wildman–Crippen LogP) is 3.90. The Morgan fingerprint density at radius 3 is 2.79 bits per heavy atom. The van der Waals surface area contributed by atoms with E-state index in [1.165, 1.54) is 12.1 Å². The van der Waals surface area contributed by atoms with Crippen LogP contribution in [0.3, 0.4) is 0 Å². The maximum Gasteiger partial charge on any atom is 0.254 e. The van der Waals surface area contributed by atoms with Crippen LogP contribution in [0.15, 0.2) is 54.9 Å². The number of imidazole rings is 1. The van der Waals surface area contributed by atoms with Crippen molar-refractivity contribution >= 4 is 17.5 Å². The van der Waals surface area contributed by atoms with Crippen LogP contribution in [0.5, 0.6) is 0 Å². The van der Waals surface area contributed by atoms with Crippen LogP contribution >= 0.6 is 11.6 Å². The topological polar surface area (TPSA) is 46.9 Å². The number of halogens is 2. The predicted molar refractivity (Wildman–Crippen MR) is 90.9 cm³/mol. The van der Waals surface area contributed by atoms with E-state index in [4.69, 9.17) is 11.6 Å². The highest BCUT2D eigenvalue weighted by Gasteiger charge is 2.13. The highest BCUT2D eigenvalue weighted by Crippen LogP contribution is 2.17. The highest BCUT2D eigenvalue weighted by atomic mass is 35.5. The Kier molecular flexibility index (Phi) is 4.62. The molecule has 1 aromatic heterocycles. The maximum atomic E-state index is 13.8. The molecule has 4 nitrogen and oxygen atoms in total. The first kappa shape index (κ1) is 16.2. The fraction of sp³-hybridized carbons (Fsp3) is 0.111. The number of carbonyl (C=O) groups excluding carboxylic acids is 1. The third-order valence-corrected chi connectivity index (χ3v) is 3.93. The SMILES string of the molecule is Cc1nccn1-c1ccccc1CNC(=O)c1ccc(Cl)cc1F. The van der Waals surface area contributed by atoms with Gasteiger partial charge in [0.2, 0.25) is 0 Å². The number of hydrogen-bond acceptors (Lipinski definition) is 2. The molecule has 1 heterocycles. The molecule has 122 valence electrons. The molecule has 0 aliphatic heterocycles. The molecule has 6 heteroatoms. The summed E-state index contributed by atoms with van der Waals surface area (Å²) in [4.78, 5) is 16.4. The first-order chi connectivity index (χ1) is 11.6. The fourth-order valence-electron chi connectivity index (χ4n) is 2.47. The summed E-state index contributed by atoms with van der Waals surface area (Å²) in [6, 6.07) is 11.6. The average molecular weight is 344 g/mol. The number of aryl methyl sites for hydroxylation is 1. The molecular formula is C18H15ClFN3O. The van der Waals surface area contributed by atoms with Gasteiger partial charge in [-0.15, -0.1) is 0 Å². The van der Waals surface area contributed by atoms with Gasteiger partial charge in [0, 0.05) is 24.0 Å². The molecule has 0 unspecified atom stereocenters. The van der Waals surface area contributed by atoms with Gasteiger partial charge in [-0.05, 0) is 36.8 Å². The van der Waals surface area contributed by atoms with Crippen LogP contribution in [0.25, 0.3) is 5.69 Å². The van der Waals surface area contributed by atoms with Crippen LogP contribution in [-0.2, 0) is 6.54 Å². The number of aromatic nitrogens is 2. The van der Waals surface area contributed by atoms with Crippen LogP contribution < -0.4 is 5.32 Å². The summed E-state index contributed by atoms with van der Waals surface area (Å²) in [7, 11) is 0. The molecule has 2 aromatic carbocycles. The molecular weight excluding hydrogens is 329 g/mol. The van der Waals surface area contributed by atoms with Crippen molar-refractivity contribution in [2.24, 2.45) is 0 Å². The third-order valence-electron chi connectivity index (χ3n) is 3.69. The normalized spacial score (nSPS) is 10.6. The summed E-state index contributed by atoms with van der Waals surface area (Å²) in [6.07, 6.45) is 3.57. The summed E-state index contributed by atoms with van der Waals surface area (Å²) < 4.78 is 15.8. The molecule has 0 atom stereocenters. The second kappa shape index (κ2) is 6.84. The summed E-state index contributed by atoms with van der Waals surface area (Å²) in [5.41, 5.74) is 1.79. The molecule has 3 rings (SSSR count). The van der Waals surface area contributed by atoms with E-state index >= 15 is 0 Å². The zero-order chi connectivity index (χ0) is 17.1. The van der Waals surface area contributed by atoms with Crippen molar-refractivity contribution in [2.75, 3.05) is 0 Å². The van der Waals surface area contributed by atoms with E-state index in [1.54, 1.807) is 6.20 Å². The molecule has 24 heavy (non-hydrogen) atoms. The summed E-state index contributed by atoms with van der Waals surface area (Å²) in [5.74, 6) is -0.280. The molecule has 0 fully saturated rings. The number of benzene rings is 2. The average Bonchev–Trinajstić information content (AvgIpc) is 2.99. The molecule has 1 N–H and O–H groups in total. The van der Waals surface area contributed by atoms with Gasteiger partial charge in [0.25, 0.3) is 5.91 Å². The van der Waals surface area contributed by atoms with Crippen molar-refractivity contribution in [1.82, 2.24) is 14.9 Å². The van der Waals surface area contributed by atoms with Crippen LogP contribution in [0, 0.1) is 12.7 Å². The lowest BCUT2D eigenvalue weighted by Crippen LogP contribution is -2.24. The minimum Gasteiger partial charge on any atom is -0.348 e. The van der Waals surface area contributed by atoms with Gasteiger partial charge in [-0.2, -0.15) is 0 Å². The van der Waals surface area contributed by atoms with Crippen molar-refractivity contribution in [2.45, 2.75) is 13.5 Å². The smallest absolute Gasteiger partial charge is 0.254 e. The van der Waals surface area contributed by atoms with Gasteiger partial charge in [0.05, 0.1) is 11.3 Å². The maximum absolute atomic E-state index is 13.8. The number of carbonyl (C=O) groups is 1. The number of nitrogens with zero attached hydrogens (tertiary/aromatic N) is 2. The lowest BCUT2D eigenvalue weighted by molar-refractivity contribution is 0.0947. The van der Waals surface area contributed by atoms with Gasteiger partial charge in [0.15, 0.2) is 0 Å². The van der Waals surface area contributed by atoms with Gasteiger partial charge >= 0.3 is 0 Å². The van der Waals surface area contributed by atoms with E-state index in [0.29, 0.717) is 0 Å². The van der Waals surface area contributed by atoms with Crippen molar-refractivity contribution in [3.8, 4) is 5.69 Å². The Bertz CT molecular complexity index is 891. The Morgan fingerprint density at radius 1 is 1.29 bits per heavy atom. The largest absolute Gasteiger partial charge is 0.348 e. The zero-order valence-electron chi connectivity index (χ0n) is 13.0. The number of amides is 1. The molecule has 0 bridgehead atoms. The van der Waals surface area contributed by atoms with Crippen LogP contribution in [0.1, 0.15) is 21.7 Å². The van der Waals surface area contributed by atoms with Gasteiger partial charge in [0.1, 0.15) is 11.6 Å². The van der Waals surface area contributed by atoms with Crippen LogP contribution in [-0.4, -0.2) is 15.5 Å². The molecule has 0 saturated carbocycles. The summed E-state index contributed by atoms with van der Waals surface area (Å²) in [6.45, 7) is 2.17. The van der Waals surface area contributed by atoms with E-state index in [2.05, 4.69) is 10.3 Å². The van der Waals surface area contributed by atoms with Gasteiger partial charge < -0.3 is 9.88 Å². The molecule has 0 radical (unpaired) electrons. The quantitative estimate of drug-likeness (QED) is 0.781. The van der Waals surface area contributed by atoms with E-state index < -0.39 is 11.7 Å². The number of hydrogen-bond donors (Lipinski definition) is 1. The lowest BCUT2D eigenvalue weighted by Gasteiger charge is -2.13. The zero-order valence-corrected chi connectivity index (χ0v) is 13.7. The van der Waals surface area contributed by atoms with Crippen LogP contribution in [0.2, 0.25) is 5.02 Å². The van der Waals surface area contributed by atoms with Crippen molar-refractivity contribution < 1.29 is 9.18 Å². The van der Waals surface area contributed by atoms with Gasteiger partial charge in [-0.3, -0.25) is 4.79 Å². The van der Waals surface area contributed by atoms with Crippen molar-refractivity contribution in [3.05, 3.63) is 82.6 Å². The minimum atomic E-state index is -0.640. The Hall–Kier alpha value is -2.66. The molecule has 0 aliphatic carbocycles. The van der Waals surface area contributed by atoms with Crippen LogP contribution in [0.4, 0.5) is 4.39 Å². The second-order valence-corrected chi connectivity index (χ2v) is 5.72. The number of nitrogens with one attached hydrogen (secondary N) is 1. The van der Waals surface area contributed by atoms with Gasteiger partial charge in [-0.25, -0.2) is 9.37 Å². The van der Waals surface area contributed by atoms with E-state index in [1.807, 2.05) is 42.0 Å². The highest BCUT2D eigenvalue weighted by molar-refractivity contribution is 6.30. The third kappa shape index (κ3) is 3.31. The molecule has 1 amide bonds. The summed E-state index contributed by atoms with van der Waals surface area (Å²) in [5, 5.41) is 3.00. The second-order valence-electron chi connectivity index (χ2n) is 5.28. The van der Waals surface area contributed by atoms with Crippen molar-refractivity contribution in [1.29, 1.82) is 0 Å². The fourth-order valence-corrected chi connectivity index (χ4v) is 2.63. The minimum absolute atomic E-state index is 0.0318. The first-order valence-corrected chi connectivity index (χ1v) is 7.75. The van der Waals surface area contributed by atoms with E-state index in [0.717, 1.165) is 23.1 Å². The Morgan fingerprint density at radius 2 is 2.08 bits per heavy atom. The summed E-state index contributed by atoms with van der Waals surface area (Å²) >= 11 is 5.71. The number of para-hydroxylation sites is 1. The Balaban J connectivity index is 1.80. The molecule has 3 aromatic rings. The lowest BCUT2D eigenvalue weighted by atomic mass is 10.1. The monoisotopic (exact) mass is 343 g/mol. The van der Waals surface area contributed by atoms with E-state index in [9.17, 15) is 9.18 Å². The number of rotatable bonds is 4. The molecule has 0 spiro atoms. The molecule has 0 aliphatic rings. The Labute approximate surface area is 143 Å². The standard InChI is InChI=1S/C18H15ClFN3O/c1-12-21-8-9-23(12)17-5-3-2-4-13(17)11-22-18(24)15-7-6-14(19)10-16(15)20/h2-10H,11H2,1H3,(H,22,24). The van der Waals surface area contributed by atoms with E-state index in [-0.39, 0.29) is 17.1 Å². The van der Waals surface area contributed by atoms with Crippen molar-refractivity contribution in [3.63, 3.8) is 0 Å². The molecule has 0 saturated heterocycles. The first-order valence-electron chi connectivity index (χ1n) is 7.38. The van der Waals surface area contributed by atoms with Gasteiger partial charge in [-0.1, -0.05) is 29.8 Å².